The van der Waals surface area contributed by atoms with E-state index < -0.39 is 0 Å². The molecule has 1 aromatic carbocycles. The number of nitriles is 1. The zero-order valence-electron chi connectivity index (χ0n) is 7.25. The predicted octanol–water partition coefficient (Wildman–Crippen LogP) is 3.31. The Hall–Kier alpha value is -1.05. The first kappa shape index (κ1) is 9.50. The van der Waals surface area contributed by atoms with Crippen molar-refractivity contribution < 1.29 is 0 Å². The molecule has 0 spiro atoms. The molecule has 4 heteroatoms. The van der Waals surface area contributed by atoms with Gasteiger partial charge in [0.15, 0.2) is 0 Å². The summed E-state index contributed by atoms with van der Waals surface area (Å²) in [5.41, 5.74) is 7.63. The molecule has 70 valence electrons. The van der Waals surface area contributed by atoms with Gasteiger partial charge in [-0.1, -0.05) is 0 Å². The number of hydrogen-bond donors (Lipinski definition) is 1. The minimum Gasteiger partial charge on any atom is -0.397 e. The van der Waals surface area contributed by atoms with Crippen molar-refractivity contribution in [3.8, 4) is 6.07 Å². The molecule has 2 nitrogen and oxygen atoms in total. The Kier molecular flexibility index (Phi) is 2.44. The second-order valence-corrected chi connectivity index (χ2v) is 4.67. The average Bonchev–Trinajstić information content (AvgIpc) is 2.62. The summed E-state index contributed by atoms with van der Waals surface area (Å²) in [5, 5.41) is 11.7. The monoisotopic (exact) mass is 266 g/mol. The number of hydrogen-bond acceptors (Lipinski definition) is 3. The van der Waals surface area contributed by atoms with Gasteiger partial charge in [-0.2, -0.15) is 5.26 Å². The van der Waals surface area contributed by atoms with Gasteiger partial charge in [0.1, 0.15) is 0 Å². The zero-order valence-corrected chi connectivity index (χ0v) is 9.65. The Morgan fingerprint density at radius 1 is 1.57 bits per heavy atom. The predicted molar refractivity (Wildman–Crippen MR) is 63.3 cm³/mol. The quantitative estimate of drug-likeness (QED) is 0.806. The lowest BCUT2D eigenvalue weighted by molar-refractivity contribution is 1.26. The van der Waals surface area contributed by atoms with Crippen LogP contribution in [0.25, 0.3) is 10.1 Å². The van der Waals surface area contributed by atoms with E-state index >= 15 is 0 Å². The molecule has 0 bridgehead atoms. The highest BCUT2D eigenvalue weighted by atomic mass is 79.9. The molecule has 0 atom stereocenters. The van der Waals surface area contributed by atoms with Crippen LogP contribution in [0.2, 0.25) is 0 Å². The van der Waals surface area contributed by atoms with Crippen molar-refractivity contribution in [1.82, 2.24) is 0 Å². The number of halogens is 1. The number of nitrogens with two attached hydrogens (primary N) is 1. The summed E-state index contributed by atoms with van der Waals surface area (Å²) in [6.07, 6.45) is 0.388. The largest absolute Gasteiger partial charge is 0.397 e. The molecule has 2 N–H and O–H groups in total. The standard InChI is InChI=1S/C10H7BrN2S/c11-9-6(1-3-12)5-8-7(10(9)13)2-4-14-8/h2,4-5H,1,13H2. The van der Waals surface area contributed by atoms with E-state index in [1.54, 1.807) is 11.3 Å². The van der Waals surface area contributed by atoms with Gasteiger partial charge in [0.2, 0.25) is 0 Å². The van der Waals surface area contributed by atoms with Crippen LogP contribution in [-0.2, 0) is 6.42 Å². The normalized spacial score (nSPS) is 10.3. The highest BCUT2D eigenvalue weighted by molar-refractivity contribution is 9.10. The highest BCUT2D eigenvalue weighted by Gasteiger charge is 2.09. The molecule has 0 radical (unpaired) electrons. The molecule has 14 heavy (non-hydrogen) atoms. The molecule has 0 unspecified atom stereocenters. The fourth-order valence-corrected chi connectivity index (χ4v) is 2.72. The second-order valence-electron chi connectivity index (χ2n) is 2.93. The molecule has 0 aliphatic rings. The van der Waals surface area contributed by atoms with Crippen LogP contribution >= 0.6 is 27.3 Å². The Morgan fingerprint density at radius 3 is 3.07 bits per heavy atom. The maximum Gasteiger partial charge on any atom is 0.0670 e. The van der Waals surface area contributed by atoms with Crippen molar-refractivity contribution >= 4 is 43.0 Å². The SMILES string of the molecule is N#CCc1cc2sccc2c(N)c1Br. The number of nitrogens with zero attached hydrogens (tertiary/aromatic N) is 1. The molecule has 2 aromatic rings. The van der Waals surface area contributed by atoms with Gasteiger partial charge in [0, 0.05) is 14.6 Å². The van der Waals surface area contributed by atoms with Crippen LogP contribution in [0, 0.1) is 11.3 Å². The van der Waals surface area contributed by atoms with Crippen molar-refractivity contribution in [1.29, 1.82) is 5.26 Å². The molecular formula is C10H7BrN2S. The number of thiophene rings is 1. The van der Waals surface area contributed by atoms with Crippen molar-refractivity contribution in [2.24, 2.45) is 0 Å². The van der Waals surface area contributed by atoms with Crippen molar-refractivity contribution in [2.45, 2.75) is 6.42 Å². The molecule has 0 aliphatic heterocycles. The first-order chi connectivity index (χ1) is 6.74. The maximum atomic E-state index is 8.65. The molecule has 1 heterocycles. The average molecular weight is 267 g/mol. The van der Waals surface area contributed by atoms with Gasteiger partial charge in [0.05, 0.1) is 18.2 Å². The maximum absolute atomic E-state index is 8.65. The van der Waals surface area contributed by atoms with Gasteiger partial charge in [-0.05, 0) is 39.0 Å². The molecule has 0 saturated carbocycles. The lowest BCUT2D eigenvalue weighted by Crippen LogP contribution is -1.92. The van der Waals surface area contributed by atoms with E-state index in [0.29, 0.717) is 6.42 Å². The topological polar surface area (TPSA) is 49.8 Å². The fourth-order valence-electron chi connectivity index (χ4n) is 1.38. The third-order valence-electron chi connectivity index (χ3n) is 2.08. The molecule has 0 fully saturated rings. The van der Waals surface area contributed by atoms with Crippen molar-refractivity contribution in [2.75, 3.05) is 5.73 Å². The minimum absolute atomic E-state index is 0.388. The van der Waals surface area contributed by atoms with Crippen LogP contribution in [-0.4, -0.2) is 0 Å². The van der Waals surface area contributed by atoms with Crippen LogP contribution < -0.4 is 5.73 Å². The van der Waals surface area contributed by atoms with Gasteiger partial charge in [0.25, 0.3) is 0 Å². The van der Waals surface area contributed by atoms with E-state index in [2.05, 4.69) is 22.0 Å². The first-order valence-corrected chi connectivity index (χ1v) is 5.72. The number of nitrogen functional groups attached to an aromatic ring is 1. The van der Waals surface area contributed by atoms with E-state index in [4.69, 9.17) is 11.0 Å². The molecule has 0 aliphatic carbocycles. The van der Waals surface area contributed by atoms with E-state index in [0.717, 1.165) is 25.8 Å². The van der Waals surface area contributed by atoms with Crippen LogP contribution in [0.5, 0.6) is 0 Å². The Balaban J connectivity index is 2.75. The van der Waals surface area contributed by atoms with Gasteiger partial charge in [-0.3, -0.25) is 0 Å². The Bertz CT molecular complexity index is 525. The van der Waals surface area contributed by atoms with E-state index in [1.165, 1.54) is 0 Å². The third-order valence-corrected chi connectivity index (χ3v) is 3.88. The van der Waals surface area contributed by atoms with Crippen LogP contribution in [0.4, 0.5) is 5.69 Å². The lowest BCUT2D eigenvalue weighted by Gasteiger charge is -2.05. The van der Waals surface area contributed by atoms with Crippen molar-refractivity contribution in [3.63, 3.8) is 0 Å². The summed E-state index contributed by atoms with van der Waals surface area (Å²) in [7, 11) is 0. The number of anilines is 1. The molecule has 1 aromatic heterocycles. The van der Waals surface area contributed by atoms with Crippen LogP contribution in [0.1, 0.15) is 5.56 Å². The van der Waals surface area contributed by atoms with Gasteiger partial charge in [-0.15, -0.1) is 11.3 Å². The van der Waals surface area contributed by atoms with E-state index in [-0.39, 0.29) is 0 Å². The fraction of sp³-hybridized carbons (Fsp3) is 0.100. The van der Waals surface area contributed by atoms with Crippen LogP contribution in [0.15, 0.2) is 22.0 Å². The molecular weight excluding hydrogens is 260 g/mol. The molecule has 0 amide bonds. The van der Waals surface area contributed by atoms with Gasteiger partial charge >= 0.3 is 0 Å². The third kappa shape index (κ3) is 1.39. The van der Waals surface area contributed by atoms with Gasteiger partial charge in [-0.25, -0.2) is 0 Å². The summed E-state index contributed by atoms with van der Waals surface area (Å²) in [5.74, 6) is 0. The number of benzene rings is 1. The van der Waals surface area contributed by atoms with Crippen molar-refractivity contribution in [3.05, 3.63) is 27.5 Å². The van der Waals surface area contributed by atoms with Gasteiger partial charge < -0.3 is 5.73 Å². The second kappa shape index (κ2) is 3.60. The minimum atomic E-state index is 0.388. The Morgan fingerprint density at radius 2 is 2.36 bits per heavy atom. The number of rotatable bonds is 1. The molecule has 2 rings (SSSR count). The summed E-state index contributed by atoms with van der Waals surface area (Å²) < 4.78 is 1.99. The molecule has 0 saturated heterocycles. The van der Waals surface area contributed by atoms with Crippen LogP contribution in [0.3, 0.4) is 0 Å². The highest BCUT2D eigenvalue weighted by Crippen LogP contribution is 2.35. The summed E-state index contributed by atoms with van der Waals surface area (Å²) in [6, 6.07) is 6.14. The summed E-state index contributed by atoms with van der Waals surface area (Å²) >= 11 is 5.06. The smallest absolute Gasteiger partial charge is 0.0670 e. The summed E-state index contributed by atoms with van der Waals surface area (Å²) in [6.45, 7) is 0. The zero-order chi connectivity index (χ0) is 10.1. The lowest BCUT2D eigenvalue weighted by atomic mass is 10.1. The van der Waals surface area contributed by atoms with E-state index in [9.17, 15) is 0 Å². The summed E-state index contributed by atoms with van der Waals surface area (Å²) in [4.78, 5) is 0. The first-order valence-electron chi connectivity index (χ1n) is 4.05. The Labute approximate surface area is 94.1 Å². The van der Waals surface area contributed by atoms with E-state index in [1.807, 2.05) is 17.5 Å². The number of fused-ring (bicyclic) bond motifs is 1.